The Morgan fingerprint density at radius 2 is 1.89 bits per heavy atom. The minimum atomic E-state index is 0.546. The first-order valence-electron chi connectivity index (χ1n) is 5.69. The van der Waals surface area contributed by atoms with Crippen LogP contribution in [-0.2, 0) is 0 Å². The van der Waals surface area contributed by atoms with Crippen molar-refractivity contribution in [3.63, 3.8) is 0 Å². The molecule has 6 heteroatoms. The Morgan fingerprint density at radius 1 is 1.11 bits per heavy atom. The van der Waals surface area contributed by atoms with E-state index in [1.54, 1.807) is 6.07 Å². The van der Waals surface area contributed by atoms with Crippen molar-refractivity contribution in [3.8, 4) is 0 Å². The maximum atomic E-state index is 5.82. The standard InChI is InChI=1S/C13H11BrN4O/c1-7-2-3-8(14)11(6-7)16-10-5-4-9(15)12-13(10)18-19-17-12/h2-6,16H,15H2,1H3. The van der Waals surface area contributed by atoms with E-state index in [4.69, 9.17) is 10.4 Å². The molecule has 19 heavy (non-hydrogen) atoms. The molecule has 0 aliphatic rings. The molecule has 3 N–H and O–H groups in total. The predicted molar refractivity (Wildman–Crippen MR) is 78.4 cm³/mol. The molecular weight excluding hydrogens is 308 g/mol. The summed E-state index contributed by atoms with van der Waals surface area (Å²) in [7, 11) is 0. The van der Waals surface area contributed by atoms with Gasteiger partial charge in [-0.2, -0.15) is 0 Å². The van der Waals surface area contributed by atoms with Gasteiger partial charge in [-0.25, -0.2) is 4.63 Å². The molecule has 0 fully saturated rings. The summed E-state index contributed by atoms with van der Waals surface area (Å²) < 4.78 is 5.72. The molecule has 3 aromatic rings. The highest BCUT2D eigenvalue weighted by Crippen LogP contribution is 2.31. The maximum Gasteiger partial charge on any atom is 0.160 e. The van der Waals surface area contributed by atoms with E-state index in [2.05, 4.69) is 31.6 Å². The summed E-state index contributed by atoms with van der Waals surface area (Å²) in [6.45, 7) is 2.04. The zero-order chi connectivity index (χ0) is 13.4. The summed E-state index contributed by atoms with van der Waals surface area (Å²) in [6, 6.07) is 9.70. The Hall–Kier alpha value is -2.08. The van der Waals surface area contributed by atoms with Crippen LogP contribution in [0.5, 0.6) is 0 Å². The van der Waals surface area contributed by atoms with Gasteiger partial charge >= 0.3 is 0 Å². The van der Waals surface area contributed by atoms with Crippen molar-refractivity contribution in [2.45, 2.75) is 6.92 Å². The third-order valence-corrected chi connectivity index (χ3v) is 3.53. The number of fused-ring (bicyclic) bond motifs is 1. The van der Waals surface area contributed by atoms with Gasteiger partial charge in [-0.15, -0.1) is 0 Å². The molecule has 0 saturated carbocycles. The highest BCUT2D eigenvalue weighted by atomic mass is 79.9. The third kappa shape index (κ3) is 2.15. The number of rotatable bonds is 2. The molecule has 0 spiro atoms. The monoisotopic (exact) mass is 318 g/mol. The van der Waals surface area contributed by atoms with Crippen LogP contribution in [0.4, 0.5) is 17.1 Å². The highest BCUT2D eigenvalue weighted by molar-refractivity contribution is 9.10. The molecule has 0 aliphatic carbocycles. The van der Waals surface area contributed by atoms with Crippen LogP contribution in [0.15, 0.2) is 39.4 Å². The summed E-state index contributed by atoms with van der Waals surface area (Å²) in [5.41, 5.74) is 10.5. The SMILES string of the molecule is Cc1ccc(Br)c(Nc2ccc(N)c3nonc23)c1. The molecule has 0 amide bonds. The molecule has 0 atom stereocenters. The zero-order valence-corrected chi connectivity index (χ0v) is 11.7. The molecule has 3 rings (SSSR count). The van der Waals surface area contributed by atoms with Crippen molar-refractivity contribution in [2.24, 2.45) is 0 Å². The lowest BCUT2D eigenvalue weighted by Crippen LogP contribution is -1.95. The second-order valence-electron chi connectivity index (χ2n) is 4.27. The van der Waals surface area contributed by atoms with Gasteiger partial charge in [-0.1, -0.05) is 6.07 Å². The summed E-state index contributed by atoms with van der Waals surface area (Å²) in [6.07, 6.45) is 0. The summed E-state index contributed by atoms with van der Waals surface area (Å²) in [4.78, 5) is 0. The number of nitrogen functional groups attached to an aromatic ring is 1. The van der Waals surface area contributed by atoms with E-state index in [-0.39, 0.29) is 0 Å². The second-order valence-corrected chi connectivity index (χ2v) is 5.13. The quantitative estimate of drug-likeness (QED) is 0.706. The number of benzene rings is 2. The molecule has 2 aromatic carbocycles. The van der Waals surface area contributed by atoms with Crippen LogP contribution in [0.2, 0.25) is 0 Å². The van der Waals surface area contributed by atoms with Gasteiger partial charge < -0.3 is 11.1 Å². The number of aryl methyl sites for hydroxylation is 1. The Morgan fingerprint density at radius 3 is 2.74 bits per heavy atom. The van der Waals surface area contributed by atoms with E-state index in [1.165, 1.54) is 0 Å². The summed E-state index contributed by atoms with van der Waals surface area (Å²) in [5.74, 6) is 0. The lowest BCUT2D eigenvalue weighted by molar-refractivity contribution is 0.316. The normalized spacial score (nSPS) is 10.8. The third-order valence-electron chi connectivity index (χ3n) is 2.84. The van der Waals surface area contributed by atoms with Crippen LogP contribution < -0.4 is 11.1 Å². The fourth-order valence-corrected chi connectivity index (χ4v) is 2.21. The Balaban J connectivity index is 2.08. The Kier molecular flexibility index (Phi) is 2.87. The Labute approximate surface area is 117 Å². The van der Waals surface area contributed by atoms with Gasteiger partial charge in [0.2, 0.25) is 0 Å². The number of nitrogens with zero attached hydrogens (tertiary/aromatic N) is 2. The molecular formula is C13H11BrN4O. The van der Waals surface area contributed by atoms with E-state index in [1.807, 2.05) is 31.2 Å². The molecule has 5 nitrogen and oxygen atoms in total. The van der Waals surface area contributed by atoms with Crippen LogP contribution in [-0.4, -0.2) is 10.3 Å². The van der Waals surface area contributed by atoms with Gasteiger partial charge in [0.25, 0.3) is 0 Å². The smallest absolute Gasteiger partial charge is 0.160 e. The highest BCUT2D eigenvalue weighted by Gasteiger charge is 2.11. The number of halogens is 1. The first-order chi connectivity index (χ1) is 9.15. The molecule has 96 valence electrons. The summed E-state index contributed by atoms with van der Waals surface area (Å²) in [5, 5.41) is 11.0. The van der Waals surface area contributed by atoms with Crippen molar-refractivity contribution in [2.75, 3.05) is 11.1 Å². The van der Waals surface area contributed by atoms with Gasteiger partial charge in [-0.05, 0) is 63.0 Å². The molecule has 0 aliphatic heterocycles. The van der Waals surface area contributed by atoms with E-state index in [0.29, 0.717) is 16.7 Å². The topological polar surface area (TPSA) is 77.0 Å². The van der Waals surface area contributed by atoms with Crippen molar-refractivity contribution >= 4 is 44.0 Å². The fourth-order valence-electron chi connectivity index (χ4n) is 1.87. The lowest BCUT2D eigenvalue weighted by Gasteiger charge is -2.10. The fraction of sp³-hybridized carbons (Fsp3) is 0.0769. The molecule has 0 unspecified atom stereocenters. The molecule has 1 heterocycles. The van der Waals surface area contributed by atoms with Gasteiger partial charge in [0.1, 0.15) is 0 Å². The van der Waals surface area contributed by atoms with Crippen LogP contribution in [0.25, 0.3) is 11.0 Å². The second kappa shape index (κ2) is 4.55. The largest absolute Gasteiger partial charge is 0.397 e. The van der Waals surface area contributed by atoms with Gasteiger partial charge in [0.15, 0.2) is 11.0 Å². The van der Waals surface area contributed by atoms with Crippen molar-refractivity contribution in [3.05, 3.63) is 40.4 Å². The van der Waals surface area contributed by atoms with Gasteiger partial charge in [0.05, 0.1) is 17.1 Å². The number of hydrogen-bond donors (Lipinski definition) is 2. The maximum absolute atomic E-state index is 5.82. The van der Waals surface area contributed by atoms with E-state index >= 15 is 0 Å². The molecule has 0 radical (unpaired) electrons. The minimum Gasteiger partial charge on any atom is -0.397 e. The summed E-state index contributed by atoms with van der Waals surface area (Å²) >= 11 is 3.51. The van der Waals surface area contributed by atoms with E-state index in [0.717, 1.165) is 21.4 Å². The number of aromatic nitrogens is 2. The number of anilines is 3. The molecule has 0 saturated heterocycles. The predicted octanol–water partition coefficient (Wildman–Crippen LogP) is 3.62. The Bertz CT molecular complexity index is 753. The van der Waals surface area contributed by atoms with E-state index < -0.39 is 0 Å². The first kappa shape index (κ1) is 12.0. The van der Waals surface area contributed by atoms with Gasteiger partial charge in [0, 0.05) is 4.47 Å². The minimum absolute atomic E-state index is 0.546. The molecule has 1 aromatic heterocycles. The number of nitrogens with one attached hydrogen (secondary N) is 1. The van der Waals surface area contributed by atoms with Crippen LogP contribution in [0.3, 0.4) is 0 Å². The number of hydrogen-bond acceptors (Lipinski definition) is 5. The van der Waals surface area contributed by atoms with Crippen LogP contribution in [0, 0.1) is 6.92 Å². The average Bonchev–Trinajstić information content (AvgIpc) is 2.87. The zero-order valence-electron chi connectivity index (χ0n) is 10.1. The van der Waals surface area contributed by atoms with Crippen LogP contribution >= 0.6 is 15.9 Å². The molecule has 0 bridgehead atoms. The van der Waals surface area contributed by atoms with E-state index in [9.17, 15) is 0 Å². The van der Waals surface area contributed by atoms with Gasteiger partial charge in [-0.3, -0.25) is 0 Å². The number of nitrogens with two attached hydrogens (primary N) is 1. The van der Waals surface area contributed by atoms with Crippen molar-refractivity contribution in [1.29, 1.82) is 0 Å². The van der Waals surface area contributed by atoms with Crippen molar-refractivity contribution < 1.29 is 4.63 Å². The first-order valence-corrected chi connectivity index (χ1v) is 6.48. The van der Waals surface area contributed by atoms with Crippen LogP contribution in [0.1, 0.15) is 5.56 Å². The lowest BCUT2D eigenvalue weighted by atomic mass is 10.2. The van der Waals surface area contributed by atoms with Crippen molar-refractivity contribution in [1.82, 2.24) is 10.3 Å². The average molecular weight is 319 g/mol.